The summed E-state index contributed by atoms with van der Waals surface area (Å²) in [4.78, 5) is 10.7. The zero-order chi connectivity index (χ0) is 22.2. The van der Waals surface area contributed by atoms with Crippen molar-refractivity contribution in [1.29, 1.82) is 0 Å². The smallest absolute Gasteiger partial charge is 0.416 e. The summed E-state index contributed by atoms with van der Waals surface area (Å²) in [6.45, 7) is 2.72. The van der Waals surface area contributed by atoms with Crippen LogP contribution in [-0.4, -0.2) is 46.6 Å². The van der Waals surface area contributed by atoms with Crippen LogP contribution in [0.1, 0.15) is 12.0 Å². The second kappa shape index (κ2) is 8.23. The van der Waals surface area contributed by atoms with Crippen molar-refractivity contribution in [2.24, 2.45) is 0 Å². The monoisotopic (exact) mass is 457 g/mol. The highest BCUT2D eigenvalue weighted by molar-refractivity contribution is 7.54. The number of halogens is 3. The third-order valence-corrected chi connectivity index (χ3v) is 7.52. The van der Waals surface area contributed by atoms with E-state index in [1.54, 1.807) is 9.34 Å². The standard InChI is InChI=1S/C19H19F3N3O5P/c20-19(21,22)15-2-1-3-16(6-5-15)30-18-12-14(4-7-17(18)25(26)27)13-29-31(28,23-8-9-23)24-10-11-24/h2-7,12H,1,8-11,13H2. The quantitative estimate of drug-likeness (QED) is 0.245. The molecule has 31 heavy (non-hydrogen) atoms. The van der Waals surface area contributed by atoms with Crippen LogP contribution >= 0.6 is 7.67 Å². The van der Waals surface area contributed by atoms with Gasteiger partial charge in [-0.2, -0.15) is 13.2 Å². The van der Waals surface area contributed by atoms with Gasteiger partial charge in [0.05, 0.1) is 17.1 Å². The van der Waals surface area contributed by atoms with Crippen LogP contribution in [0.3, 0.4) is 0 Å². The number of ether oxygens (including phenoxy) is 1. The molecule has 0 spiro atoms. The van der Waals surface area contributed by atoms with E-state index in [2.05, 4.69) is 0 Å². The van der Waals surface area contributed by atoms with E-state index in [1.807, 2.05) is 0 Å². The van der Waals surface area contributed by atoms with Crippen LogP contribution in [0.4, 0.5) is 18.9 Å². The molecule has 0 aromatic heterocycles. The first-order chi connectivity index (χ1) is 14.7. The maximum absolute atomic E-state index is 13.0. The van der Waals surface area contributed by atoms with Crippen LogP contribution in [0.2, 0.25) is 0 Å². The van der Waals surface area contributed by atoms with Gasteiger partial charge in [0.2, 0.25) is 5.75 Å². The van der Waals surface area contributed by atoms with E-state index < -0.39 is 24.3 Å². The fourth-order valence-electron chi connectivity index (χ4n) is 3.00. The third-order valence-electron chi connectivity index (χ3n) is 4.82. The topological polar surface area (TPSA) is 84.7 Å². The summed E-state index contributed by atoms with van der Waals surface area (Å²) in [5, 5.41) is 11.4. The molecular formula is C19H19F3N3O5P. The minimum atomic E-state index is -4.49. The zero-order valence-corrected chi connectivity index (χ0v) is 17.1. The third kappa shape index (κ3) is 5.07. The molecular weight excluding hydrogens is 438 g/mol. The molecule has 3 aliphatic rings. The maximum Gasteiger partial charge on any atom is 0.416 e. The molecule has 1 aromatic rings. The molecule has 1 aliphatic carbocycles. The molecule has 2 saturated heterocycles. The molecule has 4 rings (SSSR count). The van der Waals surface area contributed by atoms with Crippen molar-refractivity contribution < 1.29 is 31.9 Å². The minimum absolute atomic E-state index is 0.0391. The summed E-state index contributed by atoms with van der Waals surface area (Å²) >= 11 is 0. The van der Waals surface area contributed by atoms with Crippen molar-refractivity contribution in [2.45, 2.75) is 19.2 Å². The Morgan fingerprint density at radius 2 is 1.77 bits per heavy atom. The van der Waals surface area contributed by atoms with E-state index in [1.165, 1.54) is 24.3 Å². The number of nitro benzene ring substituents is 1. The number of alkyl halides is 3. The molecule has 0 amide bonds. The van der Waals surface area contributed by atoms with Crippen molar-refractivity contribution in [3.63, 3.8) is 0 Å². The Labute approximate surface area is 175 Å². The van der Waals surface area contributed by atoms with Gasteiger partial charge in [0, 0.05) is 32.2 Å². The molecule has 2 heterocycles. The van der Waals surface area contributed by atoms with Crippen LogP contribution in [-0.2, 0) is 15.7 Å². The lowest BCUT2D eigenvalue weighted by atomic mass is 10.2. The molecule has 1 aromatic carbocycles. The Bertz CT molecular complexity index is 1010. The summed E-state index contributed by atoms with van der Waals surface area (Å²) in [7, 11) is -3.06. The Hall–Kier alpha value is -2.46. The van der Waals surface area contributed by atoms with E-state index in [-0.39, 0.29) is 30.2 Å². The summed E-state index contributed by atoms with van der Waals surface area (Å²) in [5.41, 5.74) is -0.664. The van der Waals surface area contributed by atoms with Gasteiger partial charge in [0.15, 0.2) is 0 Å². The highest BCUT2D eigenvalue weighted by Gasteiger charge is 2.49. The number of hydrogen-bond donors (Lipinski definition) is 0. The number of benzene rings is 1. The Balaban J connectivity index is 1.51. The predicted octanol–water partition coefficient (Wildman–Crippen LogP) is 4.56. The summed E-state index contributed by atoms with van der Waals surface area (Å²) in [6.07, 6.45) is -0.147. The van der Waals surface area contributed by atoms with Crippen molar-refractivity contribution >= 4 is 13.4 Å². The van der Waals surface area contributed by atoms with Crippen molar-refractivity contribution in [1.82, 2.24) is 9.34 Å². The van der Waals surface area contributed by atoms with E-state index in [4.69, 9.17) is 9.26 Å². The van der Waals surface area contributed by atoms with E-state index in [0.29, 0.717) is 31.7 Å². The fourth-order valence-corrected chi connectivity index (χ4v) is 5.19. The van der Waals surface area contributed by atoms with E-state index in [0.717, 1.165) is 18.2 Å². The first-order valence-corrected chi connectivity index (χ1v) is 11.1. The molecule has 166 valence electrons. The summed E-state index contributed by atoms with van der Waals surface area (Å²) in [6, 6.07) is 4.08. The Morgan fingerprint density at radius 3 is 2.35 bits per heavy atom. The van der Waals surface area contributed by atoms with E-state index >= 15 is 0 Å². The molecule has 0 saturated carbocycles. The largest absolute Gasteiger partial charge is 0.450 e. The Kier molecular flexibility index (Phi) is 5.78. The molecule has 2 fully saturated rings. The van der Waals surface area contributed by atoms with Gasteiger partial charge in [-0.25, -0.2) is 9.34 Å². The molecule has 8 nitrogen and oxygen atoms in total. The van der Waals surface area contributed by atoms with Gasteiger partial charge < -0.3 is 9.26 Å². The molecule has 0 radical (unpaired) electrons. The zero-order valence-electron chi connectivity index (χ0n) is 16.2. The van der Waals surface area contributed by atoms with Gasteiger partial charge in [-0.3, -0.25) is 14.7 Å². The Morgan fingerprint density at radius 1 is 1.10 bits per heavy atom. The van der Waals surface area contributed by atoms with Crippen molar-refractivity contribution in [3.05, 3.63) is 69.5 Å². The second-order valence-corrected chi connectivity index (χ2v) is 9.54. The number of nitro groups is 1. The molecule has 0 N–H and O–H groups in total. The SMILES string of the molecule is O=[N+]([O-])c1ccc(COP(=O)(N2CC2)N2CC2)cc1OC1=CCC=C(C(F)(F)F)C=C1. The van der Waals surface area contributed by atoms with Crippen molar-refractivity contribution in [2.75, 3.05) is 26.2 Å². The van der Waals surface area contributed by atoms with Gasteiger partial charge in [-0.1, -0.05) is 6.08 Å². The fraction of sp³-hybridized carbons (Fsp3) is 0.368. The summed E-state index contributed by atoms with van der Waals surface area (Å²) < 4.78 is 66.4. The minimum Gasteiger partial charge on any atom is -0.450 e. The lowest BCUT2D eigenvalue weighted by molar-refractivity contribution is -0.385. The van der Waals surface area contributed by atoms with Gasteiger partial charge >= 0.3 is 19.5 Å². The highest BCUT2D eigenvalue weighted by Crippen LogP contribution is 2.61. The van der Waals surface area contributed by atoms with Crippen LogP contribution in [0.15, 0.2) is 53.8 Å². The average Bonchev–Trinajstić information content (AvgIpc) is 3.58. The maximum atomic E-state index is 13.0. The number of hydrogen-bond acceptors (Lipinski definition) is 5. The first kappa shape index (κ1) is 21.8. The lowest BCUT2D eigenvalue weighted by Crippen LogP contribution is -2.09. The van der Waals surface area contributed by atoms with Crippen LogP contribution in [0, 0.1) is 10.1 Å². The van der Waals surface area contributed by atoms with Gasteiger partial charge in [-0.15, -0.1) is 0 Å². The number of rotatable bonds is 8. The molecule has 0 unspecified atom stereocenters. The van der Waals surface area contributed by atoms with E-state index in [9.17, 15) is 27.9 Å². The predicted molar refractivity (Wildman–Crippen MR) is 105 cm³/mol. The van der Waals surface area contributed by atoms with Crippen LogP contribution < -0.4 is 4.74 Å². The van der Waals surface area contributed by atoms with Crippen LogP contribution in [0.25, 0.3) is 0 Å². The van der Waals surface area contributed by atoms with Gasteiger partial charge in [0.25, 0.3) is 0 Å². The molecule has 12 heteroatoms. The number of nitrogens with zero attached hydrogens (tertiary/aromatic N) is 3. The molecule has 0 bridgehead atoms. The second-order valence-electron chi connectivity index (χ2n) is 7.17. The van der Waals surface area contributed by atoms with Crippen molar-refractivity contribution in [3.8, 4) is 5.75 Å². The average molecular weight is 457 g/mol. The molecule has 2 aliphatic heterocycles. The first-order valence-electron chi connectivity index (χ1n) is 9.53. The van der Waals surface area contributed by atoms with Gasteiger partial charge in [0.1, 0.15) is 5.76 Å². The number of allylic oxidation sites excluding steroid dienone is 5. The highest BCUT2D eigenvalue weighted by atomic mass is 31.2. The molecule has 0 atom stereocenters. The van der Waals surface area contributed by atoms with Crippen LogP contribution in [0.5, 0.6) is 5.75 Å². The van der Waals surface area contributed by atoms with Gasteiger partial charge in [-0.05, 0) is 42.3 Å². The lowest BCUT2D eigenvalue weighted by Gasteiger charge is -2.19. The normalized spacial score (nSPS) is 19.5. The summed E-state index contributed by atoms with van der Waals surface area (Å²) in [5.74, 6) is -0.0822.